The molecule has 0 aromatic heterocycles. The maximum absolute atomic E-state index is 12.5. The van der Waals surface area contributed by atoms with Crippen molar-refractivity contribution < 1.29 is 14.3 Å². The third-order valence-corrected chi connectivity index (χ3v) is 4.49. The van der Waals surface area contributed by atoms with Crippen LogP contribution in [-0.4, -0.2) is 26.7 Å². The standard InChI is InChI=1S/C22H21ClN2O3/c1-27-20-13-19(21(28-2)12-17(20)23)24-14-22(26)25-18-11-7-6-10-16(18)15-8-4-3-5-9-15/h3-13,24H,14H2,1-2H3,(H,25,26). The summed E-state index contributed by atoms with van der Waals surface area (Å²) in [6.45, 7) is 0.0598. The third kappa shape index (κ3) is 4.56. The smallest absolute Gasteiger partial charge is 0.243 e. The summed E-state index contributed by atoms with van der Waals surface area (Å²) in [5, 5.41) is 6.46. The van der Waals surface area contributed by atoms with Gasteiger partial charge in [-0.2, -0.15) is 0 Å². The van der Waals surface area contributed by atoms with Crippen LogP contribution in [0.15, 0.2) is 66.7 Å². The topological polar surface area (TPSA) is 59.6 Å². The van der Waals surface area contributed by atoms with Gasteiger partial charge in [-0.3, -0.25) is 4.79 Å². The summed E-state index contributed by atoms with van der Waals surface area (Å²) in [5.41, 5.74) is 3.37. The van der Waals surface area contributed by atoms with Crippen LogP contribution in [0, 0.1) is 0 Å². The predicted octanol–water partition coefficient (Wildman–Crippen LogP) is 5.07. The van der Waals surface area contributed by atoms with E-state index in [0.717, 1.165) is 16.8 Å². The Kier molecular flexibility index (Phi) is 6.40. The molecule has 6 heteroatoms. The number of hydrogen-bond acceptors (Lipinski definition) is 4. The molecule has 5 nitrogen and oxygen atoms in total. The highest BCUT2D eigenvalue weighted by Crippen LogP contribution is 2.35. The van der Waals surface area contributed by atoms with Crippen molar-refractivity contribution in [2.45, 2.75) is 0 Å². The van der Waals surface area contributed by atoms with E-state index in [2.05, 4.69) is 10.6 Å². The Labute approximate surface area is 169 Å². The highest BCUT2D eigenvalue weighted by atomic mass is 35.5. The minimum absolute atomic E-state index is 0.0598. The molecule has 0 aliphatic rings. The van der Waals surface area contributed by atoms with Gasteiger partial charge >= 0.3 is 0 Å². The molecule has 0 aliphatic carbocycles. The van der Waals surface area contributed by atoms with E-state index >= 15 is 0 Å². The lowest BCUT2D eigenvalue weighted by Gasteiger charge is -2.15. The molecule has 0 radical (unpaired) electrons. The van der Waals surface area contributed by atoms with E-state index in [1.165, 1.54) is 7.11 Å². The van der Waals surface area contributed by atoms with Crippen LogP contribution in [0.1, 0.15) is 0 Å². The van der Waals surface area contributed by atoms with Crippen LogP contribution in [0.5, 0.6) is 11.5 Å². The molecule has 144 valence electrons. The Morgan fingerprint density at radius 3 is 2.29 bits per heavy atom. The van der Waals surface area contributed by atoms with Crippen molar-refractivity contribution in [1.29, 1.82) is 0 Å². The van der Waals surface area contributed by atoms with Gasteiger partial charge in [0, 0.05) is 23.4 Å². The van der Waals surface area contributed by atoms with Crippen molar-refractivity contribution in [2.24, 2.45) is 0 Å². The number of rotatable bonds is 7. The van der Waals surface area contributed by atoms with Gasteiger partial charge in [-0.05, 0) is 11.6 Å². The molecule has 3 rings (SSSR count). The van der Waals surface area contributed by atoms with Gasteiger partial charge in [-0.1, -0.05) is 60.1 Å². The minimum atomic E-state index is -0.181. The zero-order chi connectivity index (χ0) is 19.9. The van der Waals surface area contributed by atoms with Crippen LogP contribution in [0.25, 0.3) is 11.1 Å². The van der Waals surface area contributed by atoms with E-state index in [4.69, 9.17) is 21.1 Å². The van der Waals surface area contributed by atoms with Gasteiger partial charge < -0.3 is 20.1 Å². The van der Waals surface area contributed by atoms with Crippen molar-refractivity contribution >= 4 is 28.9 Å². The molecule has 28 heavy (non-hydrogen) atoms. The molecule has 1 amide bonds. The van der Waals surface area contributed by atoms with Crippen molar-refractivity contribution in [3.63, 3.8) is 0 Å². The van der Waals surface area contributed by atoms with E-state index in [1.807, 2.05) is 54.6 Å². The van der Waals surface area contributed by atoms with Gasteiger partial charge in [-0.25, -0.2) is 0 Å². The van der Waals surface area contributed by atoms with Crippen LogP contribution in [-0.2, 0) is 4.79 Å². The third-order valence-electron chi connectivity index (χ3n) is 4.20. The predicted molar refractivity (Wildman–Crippen MR) is 114 cm³/mol. The molecule has 0 bridgehead atoms. The Morgan fingerprint density at radius 2 is 1.57 bits per heavy atom. The fourth-order valence-electron chi connectivity index (χ4n) is 2.83. The van der Waals surface area contributed by atoms with E-state index in [-0.39, 0.29) is 12.5 Å². The summed E-state index contributed by atoms with van der Waals surface area (Å²) in [6, 6.07) is 21.0. The first kappa shape index (κ1) is 19.6. The number of benzene rings is 3. The fraction of sp³-hybridized carbons (Fsp3) is 0.136. The lowest BCUT2D eigenvalue weighted by molar-refractivity contribution is -0.114. The van der Waals surface area contributed by atoms with Gasteiger partial charge in [0.2, 0.25) is 5.91 Å². The second kappa shape index (κ2) is 9.15. The highest BCUT2D eigenvalue weighted by Gasteiger charge is 2.12. The highest BCUT2D eigenvalue weighted by molar-refractivity contribution is 6.32. The number of halogens is 1. The number of ether oxygens (including phenoxy) is 2. The Bertz CT molecular complexity index is 961. The monoisotopic (exact) mass is 396 g/mol. The zero-order valence-electron chi connectivity index (χ0n) is 15.7. The number of nitrogens with one attached hydrogen (secondary N) is 2. The molecular formula is C22H21ClN2O3. The number of carbonyl (C=O) groups is 1. The van der Waals surface area contributed by atoms with E-state index in [9.17, 15) is 4.79 Å². The Hall–Kier alpha value is -3.18. The van der Waals surface area contributed by atoms with Gasteiger partial charge in [0.15, 0.2) is 0 Å². The number of amides is 1. The van der Waals surface area contributed by atoms with Crippen LogP contribution in [0.4, 0.5) is 11.4 Å². The van der Waals surface area contributed by atoms with Crippen LogP contribution in [0.3, 0.4) is 0 Å². The first-order valence-corrected chi connectivity index (χ1v) is 9.10. The average molecular weight is 397 g/mol. The van der Waals surface area contributed by atoms with Crippen molar-refractivity contribution in [2.75, 3.05) is 31.4 Å². The summed E-state index contributed by atoms with van der Waals surface area (Å²) in [4.78, 5) is 12.5. The maximum Gasteiger partial charge on any atom is 0.243 e. The molecule has 0 saturated carbocycles. The normalized spacial score (nSPS) is 10.2. The lowest BCUT2D eigenvalue weighted by atomic mass is 10.0. The average Bonchev–Trinajstić information content (AvgIpc) is 2.73. The lowest BCUT2D eigenvalue weighted by Crippen LogP contribution is -2.22. The number of anilines is 2. The SMILES string of the molecule is COc1cc(NCC(=O)Nc2ccccc2-c2ccccc2)c(OC)cc1Cl. The molecule has 0 fully saturated rings. The molecule has 0 heterocycles. The maximum atomic E-state index is 12.5. The zero-order valence-corrected chi connectivity index (χ0v) is 16.4. The first-order chi connectivity index (χ1) is 13.6. The summed E-state index contributed by atoms with van der Waals surface area (Å²) >= 11 is 6.11. The van der Waals surface area contributed by atoms with E-state index in [1.54, 1.807) is 19.2 Å². The molecule has 3 aromatic rings. The number of carbonyl (C=O) groups excluding carboxylic acids is 1. The van der Waals surface area contributed by atoms with Gasteiger partial charge in [0.05, 0.1) is 31.5 Å². The molecule has 0 unspecified atom stereocenters. The first-order valence-electron chi connectivity index (χ1n) is 8.72. The molecule has 0 aliphatic heterocycles. The van der Waals surface area contributed by atoms with Crippen molar-refractivity contribution in [3.8, 4) is 22.6 Å². The Morgan fingerprint density at radius 1 is 0.893 bits per heavy atom. The van der Waals surface area contributed by atoms with Gasteiger partial charge in [-0.15, -0.1) is 0 Å². The molecular weight excluding hydrogens is 376 g/mol. The van der Waals surface area contributed by atoms with E-state index in [0.29, 0.717) is 22.2 Å². The van der Waals surface area contributed by atoms with Gasteiger partial charge in [0.25, 0.3) is 0 Å². The fourth-order valence-corrected chi connectivity index (χ4v) is 3.06. The number of hydrogen-bond donors (Lipinski definition) is 2. The van der Waals surface area contributed by atoms with Crippen LogP contribution >= 0.6 is 11.6 Å². The summed E-state index contributed by atoms with van der Waals surface area (Å²) in [7, 11) is 3.07. The second-order valence-electron chi connectivity index (χ2n) is 6.00. The number of para-hydroxylation sites is 1. The molecule has 0 atom stereocenters. The van der Waals surface area contributed by atoms with Crippen LogP contribution in [0.2, 0.25) is 5.02 Å². The molecule has 0 spiro atoms. The Balaban J connectivity index is 1.73. The van der Waals surface area contributed by atoms with E-state index < -0.39 is 0 Å². The minimum Gasteiger partial charge on any atom is -0.495 e. The molecule has 2 N–H and O–H groups in total. The van der Waals surface area contributed by atoms with Crippen molar-refractivity contribution in [1.82, 2.24) is 0 Å². The summed E-state index contributed by atoms with van der Waals surface area (Å²) in [5.74, 6) is 0.849. The largest absolute Gasteiger partial charge is 0.495 e. The number of methoxy groups -OCH3 is 2. The summed E-state index contributed by atoms with van der Waals surface area (Å²) in [6.07, 6.45) is 0. The molecule has 3 aromatic carbocycles. The summed E-state index contributed by atoms with van der Waals surface area (Å²) < 4.78 is 10.5. The second-order valence-corrected chi connectivity index (χ2v) is 6.41. The van der Waals surface area contributed by atoms with Crippen LogP contribution < -0.4 is 20.1 Å². The quantitative estimate of drug-likeness (QED) is 0.585. The van der Waals surface area contributed by atoms with Crippen molar-refractivity contribution in [3.05, 3.63) is 71.8 Å². The molecule has 0 saturated heterocycles. The van der Waals surface area contributed by atoms with Gasteiger partial charge in [0.1, 0.15) is 11.5 Å².